The van der Waals surface area contributed by atoms with Crippen LogP contribution in [0, 0.1) is 6.92 Å². The summed E-state index contributed by atoms with van der Waals surface area (Å²) in [4.78, 5) is 5.57. The molecule has 3 N–H and O–H groups in total. The fourth-order valence-corrected chi connectivity index (χ4v) is 2.32. The Bertz CT molecular complexity index is 571. The first-order valence-corrected chi connectivity index (χ1v) is 8.60. The predicted octanol–water partition coefficient (Wildman–Crippen LogP) is 2.23. The normalized spacial score (nSPS) is 15.2. The number of hydrogen-bond acceptors (Lipinski definition) is 4. The highest BCUT2D eigenvalue weighted by molar-refractivity contribution is 5.79. The summed E-state index contributed by atoms with van der Waals surface area (Å²) in [7, 11) is 1.44. The zero-order valence-corrected chi connectivity index (χ0v) is 15.8. The van der Waals surface area contributed by atoms with Crippen LogP contribution < -0.4 is 10.6 Å². The van der Waals surface area contributed by atoms with Crippen molar-refractivity contribution in [2.75, 3.05) is 39.8 Å². The minimum Gasteiger partial charge on any atom is -0.463 e. The zero-order chi connectivity index (χ0) is 19.8. The Labute approximate surface area is 152 Å². The summed E-state index contributed by atoms with van der Waals surface area (Å²) in [6.45, 7) is 5.89. The van der Waals surface area contributed by atoms with Gasteiger partial charge in [-0.05, 0) is 52.9 Å². The topological polar surface area (TPSA) is 73.0 Å². The van der Waals surface area contributed by atoms with Gasteiger partial charge in [-0.15, -0.1) is 0 Å². The van der Waals surface area contributed by atoms with E-state index >= 15 is 0 Å². The molecule has 0 spiro atoms. The number of nitrogens with zero attached hydrogens (tertiary/aromatic N) is 2. The summed E-state index contributed by atoms with van der Waals surface area (Å²) in [6.07, 6.45) is -3.65. The van der Waals surface area contributed by atoms with Gasteiger partial charge in [-0.25, -0.2) is 4.99 Å². The van der Waals surface area contributed by atoms with Crippen molar-refractivity contribution >= 4 is 5.96 Å². The van der Waals surface area contributed by atoms with Crippen molar-refractivity contribution in [2.45, 2.75) is 39.0 Å². The third-order valence-corrected chi connectivity index (χ3v) is 3.62. The second kappa shape index (κ2) is 9.82. The number of aliphatic imine (C=N–C) groups is 1. The van der Waals surface area contributed by atoms with Crippen molar-refractivity contribution in [1.82, 2.24) is 15.5 Å². The van der Waals surface area contributed by atoms with E-state index in [9.17, 15) is 18.3 Å². The Balaban J connectivity index is 2.48. The van der Waals surface area contributed by atoms with Crippen LogP contribution in [0.2, 0.25) is 0 Å². The van der Waals surface area contributed by atoms with Crippen LogP contribution in [0.25, 0.3) is 0 Å². The van der Waals surface area contributed by atoms with Gasteiger partial charge in [0.15, 0.2) is 5.96 Å². The van der Waals surface area contributed by atoms with Crippen LogP contribution in [0.3, 0.4) is 0 Å². The lowest BCUT2D eigenvalue weighted by Gasteiger charge is -2.20. The molecule has 1 unspecified atom stereocenters. The van der Waals surface area contributed by atoms with Gasteiger partial charge in [0, 0.05) is 13.1 Å². The molecule has 1 heterocycles. The molecule has 0 fully saturated rings. The molecule has 9 heteroatoms. The number of hydrogen-bond donors (Lipinski definition) is 3. The molecule has 0 amide bonds. The first kappa shape index (κ1) is 22.3. The summed E-state index contributed by atoms with van der Waals surface area (Å²) >= 11 is 0. The fourth-order valence-electron chi connectivity index (χ4n) is 2.32. The Morgan fingerprint density at radius 2 is 2.00 bits per heavy atom. The van der Waals surface area contributed by atoms with Crippen molar-refractivity contribution in [1.29, 1.82) is 0 Å². The predicted molar refractivity (Wildman–Crippen MR) is 95.2 cm³/mol. The lowest BCUT2D eigenvalue weighted by Crippen LogP contribution is -2.40. The van der Waals surface area contributed by atoms with Crippen molar-refractivity contribution in [3.05, 3.63) is 23.7 Å². The molecule has 0 aliphatic carbocycles. The molecule has 0 bridgehead atoms. The van der Waals surface area contributed by atoms with Gasteiger partial charge >= 0.3 is 6.18 Å². The van der Waals surface area contributed by atoms with Gasteiger partial charge in [0.25, 0.3) is 0 Å². The van der Waals surface area contributed by atoms with Gasteiger partial charge in [-0.2, -0.15) is 13.2 Å². The standard InChI is InChI=1S/C17H29F3N4O2/c1-5-21-15(22-9-6-10-24(4)12-17(18,19)20)23-11-16(3,25)14-8-7-13(2)26-14/h7-8,25H,5-6,9-12H2,1-4H3,(H2,21,22,23). The Kier molecular flexibility index (Phi) is 8.42. The van der Waals surface area contributed by atoms with Gasteiger partial charge in [-0.3, -0.25) is 4.90 Å². The molecule has 0 aromatic carbocycles. The largest absolute Gasteiger partial charge is 0.463 e. The zero-order valence-electron chi connectivity index (χ0n) is 15.8. The second-order valence-electron chi connectivity index (χ2n) is 6.51. The fraction of sp³-hybridized carbons (Fsp3) is 0.706. The SMILES string of the molecule is CCNC(=NCC(C)(O)c1ccc(C)o1)NCCCN(C)CC(F)(F)F. The molecule has 0 saturated heterocycles. The van der Waals surface area contributed by atoms with E-state index in [-0.39, 0.29) is 6.54 Å². The average Bonchev–Trinajstić information content (AvgIpc) is 2.94. The van der Waals surface area contributed by atoms with Crippen molar-refractivity contribution < 1.29 is 22.7 Å². The Hall–Kier alpha value is -1.74. The van der Waals surface area contributed by atoms with Crippen LogP contribution >= 0.6 is 0 Å². The molecular weight excluding hydrogens is 349 g/mol. The number of rotatable bonds is 9. The summed E-state index contributed by atoms with van der Waals surface area (Å²) in [6, 6.07) is 3.48. The van der Waals surface area contributed by atoms with Gasteiger partial charge in [0.1, 0.15) is 17.1 Å². The molecule has 1 rings (SSSR count). The van der Waals surface area contributed by atoms with E-state index in [4.69, 9.17) is 4.42 Å². The van der Waals surface area contributed by atoms with Crippen LogP contribution in [0.15, 0.2) is 21.5 Å². The Morgan fingerprint density at radius 1 is 1.31 bits per heavy atom. The van der Waals surface area contributed by atoms with E-state index in [0.717, 1.165) is 0 Å². The summed E-state index contributed by atoms with van der Waals surface area (Å²) in [5.74, 6) is 1.63. The maximum absolute atomic E-state index is 12.3. The highest BCUT2D eigenvalue weighted by Gasteiger charge is 2.29. The summed E-state index contributed by atoms with van der Waals surface area (Å²) in [5.41, 5.74) is -1.25. The number of nitrogens with one attached hydrogen (secondary N) is 2. The smallest absolute Gasteiger partial charge is 0.401 e. The third-order valence-electron chi connectivity index (χ3n) is 3.62. The van der Waals surface area contributed by atoms with E-state index in [0.29, 0.717) is 43.5 Å². The number of aliphatic hydroxyl groups is 1. The van der Waals surface area contributed by atoms with Gasteiger partial charge in [0.2, 0.25) is 0 Å². The van der Waals surface area contributed by atoms with Crippen LogP contribution in [-0.2, 0) is 5.60 Å². The van der Waals surface area contributed by atoms with Gasteiger partial charge < -0.3 is 20.2 Å². The Morgan fingerprint density at radius 3 is 2.54 bits per heavy atom. The lowest BCUT2D eigenvalue weighted by molar-refractivity contribution is -0.143. The van der Waals surface area contributed by atoms with Gasteiger partial charge in [0.05, 0.1) is 13.1 Å². The molecule has 26 heavy (non-hydrogen) atoms. The first-order chi connectivity index (χ1) is 12.0. The van der Waals surface area contributed by atoms with Crippen LogP contribution in [-0.4, -0.2) is 61.9 Å². The number of halogens is 3. The summed E-state index contributed by atoms with van der Waals surface area (Å²) < 4.78 is 42.3. The number of alkyl halides is 3. The highest BCUT2D eigenvalue weighted by Crippen LogP contribution is 2.23. The maximum atomic E-state index is 12.3. The first-order valence-electron chi connectivity index (χ1n) is 8.60. The molecule has 0 aliphatic rings. The molecule has 0 saturated carbocycles. The average molecular weight is 378 g/mol. The van der Waals surface area contributed by atoms with E-state index in [1.165, 1.54) is 11.9 Å². The minimum absolute atomic E-state index is 0.0866. The molecule has 150 valence electrons. The molecule has 1 atom stereocenters. The lowest BCUT2D eigenvalue weighted by atomic mass is 10.0. The van der Waals surface area contributed by atoms with Crippen LogP contribution in [0.5, 0.6) is 0 Å². The molecule has 0 aliphatic heterocycles. The molecule has 0 radical (unpaired) electrons. The second-order valence-corrected chi connectivity index (χ2v) is 6.51. The highest BCUT2D eigenvalue weighted by atomic mass is 19.4. The van der Waals surface area contributed by atoms with Crippen molar-refractivity contribution in [3.63, 3.8) is 0 Å². The molecule has 1 aromatic heterocycles. The number of guanidine groups is 1. The number of aryl methyl sites for hydroxylation is 1. The molecular formula is C17H29F3N4O2. The van der Waals surface area contributed by atoms with E-state index in [2.05, 4.69) is 15.6 Å². The van der Waals surface area contributed by atoms with Crippen LogP contribution in [0.4, 0.5) is 13.2 Å². The van der Waals surface area contributed by atoms with Gasteiger partial charge in [-0.1, -0.05) is 0 Å². The van der Waals surface area contributed by atoms with Crippen LogP contribution in [0.1, 0.15) is 31.8 Å². The third kappa shape index (κ3) is 8.57. The maximum Gasteiger partial charge on any atom is 0.401 e. The molecule has 1 aromatic rings. The minimum atomic E-state index is -4.19. The van der Waals surface area contributed by atoms with Crippen molar-refractivity contribution in [2.24, 2.45) is 4.99 Å². The van der Waals surface area contributed by atoms with E-state index in [1.54, 1.807) is 26.0 Å². The monoisotopic (exact) mass is 378 g/mol. The van der Waals surface area contributed by atoms with E-state index < -0.39 is 18.3 Å². The quantitative estimate of drug-likeness (QED) is 0.349. The van der Waals surface area contributed by atoms with E-state index in [1.807, 2.05) is 6.92 Å². The summed E-state index contributed by atoms with van der Waals surface area (Å²) in [5, 5.41) is 16.6. The van der Waals surface area contributed by atoms with Crippen molar-refractivity contribution in [3.8, 4) is 0 Å². The number of furan rings is 1. The molecule has 6 nitrogen and oxygen atoms in total.